The molecule has 3 rings (SSSR count). The van der Waals surface area contributed by atoms with Gasteiger partial charge in [0, 0.05) is 31.6 Å². The van der Waals surface area contributed by atoms with E-state index in [1.54, 1.807) is 0 Å². The number of rotatable bonds is 2. The minimum Gasteiger partial charge on any atom is -0.333 e. The van der Waals surface area contributed by atoms with Gasteiger partial charge >= 0.3 is 0 Å². The lowest BCUT2D eigenvalue weighted by molar-refractivity contribution is 0.453. The van der Waals surface area contributed by atoms with E-state index in [1.165, 1.54) is 17.0 Å². The van der Waals surface area contributed by atoms with Crippen molar-refractivity contribution >= 4 is 0 Å². The Labute approximate surface area is 108 Å². The van der Waals surface area contributed by atoms with Crippen LogP contribution in [0.1, 0.15) is 29.1 Å². The van der Waals surface area contributed by atoms with Crippen molar-refractivity contribution in [2.45, 2.75) is 38.8 Å². The maximum Gasteiger partial charge on any atom is 0.109 e. The second kappa shape index (κ2) is 4.58. The highest BCUT2D eigenvalue weighted by atomic mass is 15.1. The Kier molecular flexibility index (Phi) is 2.92. The molecule has 0 spiro atoms. The van der Waals surface area contributed by atoms with Crippen molar-refractivity contribution in [1.29, 1.82) is 0 Å². The summed E-state index contributed by atoms with van der Waals surface area (Å²) >= 11 is 0. The number of aryl methyl sites for hydroxylation is 2. The molecule has 1 unspecified atom stereocenters. The summed E-state index contributed by atoms with van der Waals surface area (Å²) in [5, 5.41) is 0. The van der Waals surface area contributed by atoms with E-state index in [4.69, 9.17) is 10.7 Å². The van der Waals surface area contributed by atoms with Gasteiger partial charge in [0.15, 0.2) is 0 Å². The third kappa shape index (κ3) is 2.18. The minimum atomic E-state index is 0.290. The summed E-state index contributed by atoms with van der Waals surface area (Å²) in [5.74, 6) is 1.19. The zero-order valence-corrected chi connectivity index (χ0v) is 10.8. The van der Waals surface area contributed by atoms with E-state index >= 15 is 0 Å². The quantitative estimate of drug-likeness (QED) is 0.874. The molecular formula is C15H19N3. The number of hydrogen-bond donors (Lipinski definition) is 1. The van der Waals surface area contributed by atoms with Crippen molar-refractivity contribution in [3.8, 4) is 0 Å². The lowest BCUT2D eigenvalue weighted by Crippen LogP contribution is -2.31. The van der Waals surface area contributed by atoms with Crippen LogP contribution in [-0.4, -0.2) is 15.6 Å². The molecule has 3 nitrogen and oxygen atoms in total. The molecule has 2 N–H and O–H groups in total. The van der Waals surface area contributed by atoms with Crippen molar-refractivity contribution in [3.63, 3.8) is 0 Å². The monoisotopic (exact) mass is 241 g/mol. The van der Waals surface area contributed by atoms with E-state index in [2.05, 4.69) is 42.0 Å². The number of imidazole rings is 1. The van der Waals surface area contributed by atoms with Gasteiger partial charge < -0.3 is 10.3 Å². The molecule has 2 aromatic rings. The SMILES string of the molecule is Cc1ccccc1Cc1cn2c(n1)CCC(N)C2. The Morgan fingerprint density at radius 3 is 3.06 bits per heavy atom. The van der Waals surface area contributed by atoms with Crippen LogP contribution < -0.4 is 5.73 Å². The number of benzene rings is 1. The first-order valence-corrected chi connectivity index (χ1v) is 6.57. The molecule has 1 aliphatic rings. The molecule has 0 saturated carbocycles. The first kappa shape index (κ1) is 11.5. The summed E-state index contributed by atoms with van der Waals surface area (Å²) in [6.07, 6.45) is 5.15. The lowest BCUT2D eigenvalue weighted by Gasteiger charge is -2.19. The Morgan fingerprint density at radius 2 is 2.22 bits per heavy atom. The third-order valence-corrected chi connectivity index (χ3v) is 3.71. The third-order valence-electron chi connectivity index (χ3n) is 3.71. The Morgan fingerprint density at radius 1 is 1.39 bits per heavy atom. The zero-order valence-electron chi connectivity index (χ0n) is 10.8. The standard InChI is InChI=1S/C15H19N3/c1-11-4-2-3-5-12(11)8-14-10-18-9-13(16)6-7-15(18)17-14/h2-5,10,13H,6-9,16H2,1H3. The number of nitrogens with zero attached hydrogens (tertiary/aromatic N) is 2. The van der Waals surface area contributed by atoms with Crippen LogP contribution in [0, 0.1) is 6.92 Å². The average molecular weight is 241 g/mol. The summed E-state index contributed by atoms with van der Waals surface area (Å²) in [5.41, 5.74) is 9.84. The van der Waals surface area contributed by atoms with Gasteiger partial charge in [0.2, 0.25) is 0 Å². The van der Waals surface area contributed by atoms with Crippen LogP contribution in [0.2, 0.25) is 0 Å². The maximum atomic E-state index is 5.99. The molecule has 1 aromatic carbocycles. The van der Waals surface area contributed by atoms with E-state index in [-0.39, 0.29) is 6.04 Å². The highest BCUT2D eigenvalue weighted by Gasteiger charge is 2.17. The van der Waals surface area contributed by atoms with E-state index in [0.717, 1.165) is 31.5 Å². The molecule has 0 bridgehead atoms. The Bertz CT molecular complexity index is 557. The molecule has 18 heavy (non-hydrogen) atoms. The van der Waals surface area contributed by atoms with Gasteiger partial charge in [-0.2, -0.15) is 0 Å². The molecule has 1 aromatic heterocycles. The predicted molar refractivity (Wildman–Crippen MR) is 72.5 cm³/mol. The minimum absolute atomic E-state index is 0.290. The number of nitrogens with two attached hydrogens (primary N) is 1. The van der Waals surface area contributed by atoms with Gasteiger partial charge in [-0.1, -0.05) is 24.3 Å². The molecule has 0 saturated heterocycles. The number of fused-ring (bicyclic) bond motifs is 1. The lowest BCUT2D eigenvalue weighted by atomic mass is 10.0. The van der Waals surface area contributed by atoms with Crippen molar-refractivity contribution < 1.29 is 0 Å². The summed E-state index contributed by atoms with van der Waals surface area (Å²) < 4.78 is 2.22. The summed E-state index contributed by atoms with van der Waals surface area (Å²) in [6, 6.07) is 8.79. The highest BCUT2D eigenvalue weighted by Crippen LogP contribution is 2.17. The van der Waals surface area contributed by atoms with Crippen molar-refractivity contribution in [3.05, 3.63) is 53.1 Å². The molecule has 1 aliphatic heterocycles. The van der Waals surface area contributed by atoms with Crippen LogP contribution in [0.5, 0.6) is 0 Å². The summed E-state index contributed by atoms with van der Waals surface area (Å²) in [6.45, 7) is 3.07. The van der Waals surface area contributed by atoms with Crippen LogP contribution in [-0.2, 0) is 19.4 Å². The fourth-order valence-electron chi connectivity index (χ4n) is 2.62. The molecule has 94 valence electrons. The van der Waals surface area contributed by atoms with E-state index in [9.17, 15) is 0 Å². The number of hydrogen-bond acceptors (Lipinski definition) is 2. The van der Waals surface area contributed by atoms with Crippen LogP contribution in [0.4, 0.5) is 0 Å². The van der Waals surface area contributed by atoms with Gasteiger partial charge in [0.25, 0.3) is 0 Å². The second-order valence-corrected chi connectivity index (χ2v) is 5.20. The van der Waals surface area contributed by atoms with Gasteiger partial charge in [-0.3, -0.25) is 0 Å². The van der Waals surface area contributed by atoms with E-state index < -0.39 is 0 Å². The van der Waals surface area contributed by atoms with Gasteiger partial charge in [-0.25, -0.2) is 4.98 Å². The Hall–Kier alpha value is -1.61. The van der Waals surface area contributed by atoms with Crippen LogP contribution in [0.25, 0.3) is 0 Å². The molecule has 0 aliphatic carbocycles. The average Bonchev–Trinajstić information content (AvgIpc) is 2.73. The zero-order chi connectivity index (χ0) is 12.5. The first-order chi connectivity index (χ1) is 8.72. The molecule has 0 radical (unpaired) electrons. The smallest absolute Gasteiger partial charge is 0.109 e. The normalized spacial score (nSPS) is 18.7. The van der Waals surface area contributed by atoms with Crippen molar-refractivity contribution in [2.75, 3.05) is 0 Å². The topological polar surface area (TPSA) is 43.8 Å². The summed E-state index contributed by atoms with van der Waals surface area (Å²) in [7, 11) is 0. The molecule has 0 fully saturated rings. The van der Waals surface area contributed by atoms with Crippen LogP contribution in [0.15, 0.2) is 30.5 Å². The molecule has 2 heterocycles. The summed E-state index contributed by atoms with van der Waals surface area (Å²) in [4.78, 5) is 4.73. The molecular weight excluding hydrogens is 222 g/mol. The molecule has 0 amide bonds. The maximum absolute atomic E-state index is 5.99. The van der Waals surface area contributed by atoms with Gasteiger partial charge in [0.1, 0.15) is 5.82 Å². The number of aromatic nitrogens is 2. The van der Waals surface area contributed by atoms with Crippen LogP contribution in [0.3, 0.4) is 0 Å². The molecule has 3 heteroatoms. The van der Waals surface area contributed by atoms with Gasteiger partial charge in [-0.15, -0.1) is 0 Å². The van der Waals surface area contributed by atoms with E-state index in [1.807, 2.05) is 0 Å². The fourth-order valence-corrected chi connectivity index (χ4v) is 2.62. The van der Waals surface area contributed by atoms with Gasteiger partial charge in [-0.05, 0) is 24.5 Å². The van der Waals surface area contributed by atoms with E-state index in [0.29, 0.717) is 0 Å². The largest absolute Gasteiger partial charge is 0.333 e. The fraction of sp³-hybridized carbons (Fsp3) is 0.400. The first-order valence-electron chi connectivity index (χ1n) is 6.57. The van der Waals surface area contributed by atoms with Crippen molar-refractivity contribution in [1.82, 2.24) is 9.55 Å². The Balaban J connectivity index is 1.84. The predicted octanol–water partition coefficient (Wildman–Crippen LogP) is 2.06. The second-order valence-electron chi connectivity index (χ2n) is 5.20. The van der Waals surface area contributed by atoms with Gasteiger partial charge in [0.05, 0.1) is 5.69 Å². The van der Waals surface area contributed by atoms with Crippen LogP contribution >= 0.6 is 0 Å². The highest BCUT2D eigenvalue weighted by molar-refractivity contribution is 5.29. The van der Waals surface area contributed by atoms with Crippen molar-refractivity contribution in [2.24, 2.45) is 5.73 Å². The molecule has 1 atom stereocenters.